The Morgan fingerprint density at radius 3 is 2.45 bits per heavy atom. The molecule has 1 aliphatic carbocycles. The molecular formula is C21H26N4O3S. The molecule has 0 radical (unpaired) electrons. The molecule has 1 aliphatic rings. The average Bonchev–Trinajstić information content (AvgIpc) is 3.23. The fourth-order valence-corrected chi connectivity index (χ4v) is 5.45. The Kier molecular flexibility index (Phi) is 5.61. The third-order valence-electron chi connectivity index (χ3n) is 5.88. The van der Waals surface area contributed by atoms with E-state index in [-0.39, 0.29) is 18.6 Å². The Labute approximate surface area is 173 Å². The van der Waals surface area contributed by atoms with Gasteiger partial charge in [0.15, 0.2) is 5.65 Å². The molecule has 8 heteroatoms. The van der Waals surface area contributed by atoms with Gasteiger partial charge in [0.05, 0.1) is 18.5 Å². The van der Waals surface area contributed by atoms with Gasteiger partial charge in [-0.3, -0.25) is 0 Å². The number of aliphatic hydroxyl groups excluding tert-OH is 3. The Balaban J connectivity index is 1.62. The minimum atomic E-state index is -0.964. The maximum Gasteiger partial charge on any atom is 0.164 e. The number of benzene rings is 1. The SMILES string of the molecule is Cc1cc(C)c(CSc2ncnc3c2ncn3[C@@H]2C[C@H](CO)[C@@H](O)[C@H]2O)c(C)c1. The first kappa shape index (κ1) is 20.3. The maximum absolute atomic E-state index is 10.4. The van der Waals surface area contributed by atoms with E-state index in [4.69, 9.17) is 0 Å². The van der Waals surface area contributed by atoms with Crippen LogP contribution in [0, 0.1) is 26.7 Å². The first-order valence-electron chi connectivity index (χ1n) is 9.74. The van der Waals surface area contributed by atoms with E-state index in [1.807, 2.05) is 0 Å². The van der Waals surface area contributed by atoms with Gasteiger partial charge in [-0.1, -0.05) is 29.5 Å². The predicted molar refractivity (Wildman–Crippen MR) is 112 cm³/mol. The summed E-state index contributed by atoms with van der Waals surface area (Å²) in [5.41, 5.74) is 6.42. The van der Waals surface area contributed by atoms with Gasteiger partial charge in [-0.05, 0) is 43.9 Å². The quantitative estimate of drug-likeness (QED) is 0.435. The summed E-state index contributed by atoms with van der Waals surface area (Å²) < 4.78 is 1.80. The van der Waals surface area contributed by atoms with Crippen LogP contribution in [0.1, 0.15) is 34.7 Å². The third kappa shape index (κ3) is 3.66. The molecule has 3 N–H and O–H groups in total. The summed E-state index contributed by atoms with van der Waals surface area (Å²) in [6, 6.07) is 4.01. The highest BCUT2D eigenvalue weighted by Gasteiger charge is 2.42. The molecule has 0 saturated heterocycles. The lowest BCUT2D eigenvalue weighted by molar-refractivity contribution is -0.00370. The smallest absolute Gasteiger partial charge is 0.164 e. The van der Waals surface area contributed by atoms with Crippen LogP contribution in [0.25, 0.3) is 11.2 Å². The predicted octanol–water partition coefficient (Wildman–Crippen LogP) is 2.32. The summed E-state index contributed by atoms with van der Waals surface area (Å²) in [5, 5.41) is 30.8. The third-order valence-corrected chi connectivity index (χ3v) is 6.89. The van der Waals surface area contributed by atoms with Gasteiger partial charge in [0.1, 0.15) is 23.0 Å². The van der Waals surface area contributed by atoms with Gasteiger partial charge in [0, 0.05) is 18.3 Å². The van der Waals surface area contributed by atoms with Crippen LogP contribution >= 0.6 is 11.8 Å². The topological polar surface area (TPSA) is 104 Å². The fraction of sp³-hybridized carbons (Fsp3) is 0.476. The van der Waals surface area contributed by atoms with E-state index in [1.54, 1.807) is 22.7 Å². The van der Waals surface area contributed by atoms with Gasteiger partial charge < -0.3 is 19.9 Å². The van der Waals surface area contributed by atoms with Crippen molar-refractivity contribution in [3.05, 3.63) is 47.0 Å². The summed E-state index contributed by atoms with van der Waals surface area (Å²) >= 11 is 1.62. The lowest BCUT2D eigenvalue weighted by Crippen LogP contribution is -2.30. The number of aromatic nitrogens is 4. The number of rotatable bonds is 5. The molecule has 1 saturated carbocycles. The Morgan fingerprint density at radius 2 is 1.79 bits per heavy atom. The van der Waals surface area contributed by atoms with Crippen molar-refractivity contribution in [1.82, 2.24) is 19.5 Å². The molecule has 7 nitrogen and oxygen atoms in total. The molecule has 0 amide bonds. The zero-order chi connectivity index (χ0) is 20.7. The van der Waals surface area contributed by atoms with E-state index in [0.717, 1.165) is 10.8 Å². The van der Waals surface area contributed by atoms with Gasteiger partial charge >= 0.3 is 0 Å². The molecule has 2 aromatic heterocycles. The van der Waals surface area contributed by atoms with Crippen molar-refractivity contribution in [2.75, 3.05) is 6.61 Å². The number of hydrogen-bond donors (Lipinski definition) is 3. The molecule has 154 valence electrons. The van der Waals surface area contributed by atoms with Crippen LogP contribution in [0.4, 0.5) is 0 Å². The minimum Gasteiger partial charge on any atom is -0.396 e. The summed E-state index contributed by atoms with van der Waals surface area (Å²) in [6.45, 7) is 6.20. The van der Waals surface area contributed by atoms with E-state index in [9.17, 15) is 15.3 Å². The second-order valence-corrected chi connectivity index (χ2v) is 8.86. The molecule has 0 aliphatic heterocycles. The van der Waals surface area contributed by atoms with Gasteiger partial charge in [0.25, 0.3) is 0 Å². The first-order chi connectivity index (χ1) is 13.9. The Bertz CT molecular complexity index is 1010. The number of nitrogens with zero attached hydrogens (tertiary/aromatic N) is 4. The highest BCUT2D eigenvalue weighted by atomic mass is 32.2. The van der Waals surface area contributed by atoms with Gasteiger partial charge in [-0.15, -0.1) is 0 Å². The molecule has 0 bridgehead atoms. The van der Waals surface area contributed by atoms with E-state index in [1.165, 1.54) is 28.6 Å². The Hall–Kier alpha value is -2.00. The van der Waals surface area contributed by atoms with Crippen LogP contribution in [0.15, 0.2) is 29.8 Å². The van der Waals surface area contributed by atoms with E-state index in [0.29, 0.717) is 17.6 Å². The maximum atomic E-state index is 10.4. The fourth-order valence-electron chi connectivity index (χ4n) is 4.31. The second-order valence-electron chi connectivity index (χ2n) is 7.90. The monoisotopic (exact) mass is 414 g/mol. The van der Waals surface area contributed by atoms with Crippen LogP contribution in [-0.2, 0) is 5.75 Å². The molecule has 2 heterocycles. The molecule has 4 atom stereocenters. The zero-order valence-electron chi connectivity index (χ0n) is 16.8. The summed E-state index contributed by atoms with van der Waals surface area (Å²) in [6.07, 6.45) is 1.71. The number of aryl methyl sites for hydroxylation is 3. The average molecular weight is 415 g/mol. The van der Waals surface area contributed by atoms with Gasteiger partial charge in [-0.2, -0.15) is 0 Å². The molecule has 4 rings (SSSR count). The second kappa shape index (κ2) is 8.02. The highest BCUT2D eigenvalue weighted by molar-refractivity contribution is 7.98. The molecular weight excluding hydrogens is 388 g/mol. The van der Waals surface area contributed by atoms with Crippen molar-refractivity contribution in [1.29, 1.82) is 0 Å². The van der Waals surface area contributed by atoms with Gasteiger partial charge in [0.2, 0.25) is 0 Å². The van der Waals surface area contributed by atoms with Crippen molar-refractivity contribution in [2.45, 2.75) is 56.2 Å². The van der Waals surface area contributed by atoms with E-state index < -0.39 is 12.2 Å². The Morgan fingerprint density at radius 1 is 1.07 bits per heavy atom. The molecule has 1 aromatic carbocycles. The molecule has 0 unspecified atom stereocenters. The zero-order valence-corrected chi connectivity index (χ0v) is 17.6. The van der Waals surface area contributed by atoms with Crippen molar-refractivity contribution in [3.8, 4) is 0 Å². The van der Waals surface area contributed by atoms with Crippen LogP contribution in [0.2, 0.25) is 0 Å². The molecule has 29 heavy (non-hydrogen) atoms. The van der Waals surface area contributed by atoms with Gasteiger partial charge in [-0.25, -0.2) is 15.0 Å². The van der Waals surface area contributed by atoms with Crippen molar-refractivity contribution in [3.63, 3.8) is 0 Å². The standard InChI is InChI=1S/C21H26N4O3S/c1-11-4-12(2)15(13(3)5-11)8-29-21-17-20(22-9-23-21)25(10-24-17)16-6-14(7-26)18(27)19(16)28/h4-5,9-10,14,16,18-19,26-28H,6-8H2,1-3H3/t14-,16-,18-,19+/m1/s1. The number of hydrogen-bond acceptors (Lipinski definition) is 7. The van der Waals surface area contributed by atoms with Crippen molar-refractivity contribution >= 4 is 22.9 Å². The normalized spacial score (nSPS) is 24.5. The van der Waals surface area contributed by atoms with Crippen LogP contribution in [-0.4, -0.2) is 53.7 Å². The first-order valence-corrected chi connectivity index (χ1v) is 10.7. The van der Waals surface area contributed by atoms with Crippen molar-refractivity contribution < 1.29 is 15.3 Å². The number of imidazole rings is 1. The van der Waals surface area contributed by atoms with Crippen molar-refractivity contribution in [2.24, 2.45) is 5.92 Å². The lowest BCUT2D eigenvalue weighted by Gasteiger charge is -2.18. The number of aliphatic hydroxyl groups is 3. The summed E-state index contributed by atoms with van der Waals surface area (Å²) in [4.78, 5) is 13.3. The van der Waals surface area contributed by atoms with E-state index >= 15 is 0 Å². The number of fused-ring (bicyclic) bond motifs is 1. The lowest BCUT2D eigenvalue weighted by atomic mass is 10.0. The minimum absolute atomic E-state index is 0.160. The largest absolute Gasteiger partial charge is 0.396 e. The van der Waals surface area contributed by atoms with E-state index in [2.05, 4.69) is 47.9 Å². The van der Waals surface area contributed by atoms with Crippen LogP contribution < -0.4 is 0 Å². The summed E-state index contributed by atoms with van der Waals surface area (Å²) in [7, 11) is 0. The summed E-state index contributed by atoms with van der Waals surface area (Å²) in [5.74, 6) is 0.435. The highest BCUT2D eigenvalue weighted by Crippen LogP contribution is 2.37. The molecule has 1 fully saturated rings. The van der Waals surface area contributed by atoms with Crippen LogP contribution in [0.5, 0.6) is 0 Å². The number of thioether (sulfide) groups is 1. The van der Waals surface area contributed by atoms with Crippen LogP contribution in [0.3, 0.4) is 0 Å². The molecule has 0 spiro atoms. The molecule has 3 aromatic rings.